The van der Waals surface area contributed by atoms with Crippen molar-refractivity contribution in [2.45, 2.75) is 58.8 Å². The highest BCUT2D eigenvalue weighted by Gasteiger charge is 2.41. The highest BCUT2D eigenvalue weighted by atomic mass is 14.5. The first kappa shape index (κ1) is 8.59. The van der Waals surface area contributed by atoms with E-state index >= 15 is 0 Å². The van der Waals surface area contributed by atoms with Gasteiger partial charge in [0.05, 0.1) is 0 Å². The minimum atomic E-state index is 0.817. The van der Waals surface area contributed by atoms with Gasteiger partial charge in [-0.25, -0.2) is 0 Å². The van der Waals surface area contributed by atoms with Crippen LogP contribution in [0.15, 0.2) is 0 Å². The maximum absolute atomic E-state index is 2.39. The molecule has 2 unspecified atom stereocenters. The van der Waals surface area contributed by atoms with Crippen LogP contribution in [0.25, 0.3) is 0 Å². The molecule has 0 radical (unpaired) electrons. The number of fused-ring (bicyclic) bond motifs is 2. The molecule has 0 aliphatic heterocycles. The molecule has 0 amide bonds. The van der Waals surface area contributed by atoms with Crippen LogP contribution in [0, 0.1) is 17.3 Å². The molecular formula is C12H22. The maximum atomic E-state index is 2.39. The van der Waals surface area contributed by atoms with Gasteiger partial charge in [-0.05, 0) is 49.4 Å². The minimum absolute atomic E-state index is 0.817. The maximum Gasteiger partial charge on any atom is -0.0292 e. The zero-order chi connectivity index (χ0) is 8.60. The number of hydrogen-bond donors (Lipinski definition) is 0. The SMILES string of the molecule is CC(C)CC12CCCC(CC1)C2. The molecular weight excluding hydrogens is 144 g/mol. The third-order valence-electron chi connectivity index (χ3n) is 3.97. The molecule has 2 aliphatic carbocycles. The Labute approximate surface area is 76.7 Å². The smallest absolute Gasteiger partial charge is 0.0292 e. The van der Waals surface area contributed by atoms with Crippen molar-refractivity contribution in [2.24, 2.45) is 17.3 Å². The van der Waals surface area contributed by atoms with E-state index in [1.54, 1.807) is 32.1 Å². The van der Waals surface area contributed by atoms with Crippen LogP contribution >= 0.6 is 0 Å². The molecule has 2 fully saturated rings. The van der Waals surface area contributed by atoms with Crippen molar-refractivity contribution in [3.63, 3.8) is 0 Å². The van der Waals surface area contributed by atoms with Gasteiger partial charge in [0, 0.05) is 0 Å². The molecule has 0 N–H and O–H groups in total. The van der Waals surface area contributed by atoms with Gasteiger partial charge in [0.1, 0.15) is 0 Å². The lowest BCUT2D eigenvalue weighted by molar-refractivity contribution is 0.171. The molecule has 0 aromatic carbocycles. The minimum Gasteiger partial charge on any atom is -0.0628 e. The molecule has 0 aromatic rings. The summed E-state index contributed by atoms with van der Waals surface area (Å²) in [5.74, 6) is 2.04. The van der Waals surface area contributed by atoms with Crippen LogP contribution < -0.4 is 0 Å². The fraction of sp³-hybridized carbons (Fsp3) is 1.00. The molecule has 12 heavy (non-hydrogen) atoms. The zero-order valence-electron chi connectivity index (χ0n) is 8.60. The normalized spacial score (nSPS) is 40.8. The molecule has 0 heteroatoms. The molecule has 0 aromatic heterocycles. The van der Waals surface area contributed by atoms with E-state index in [1.807, 2.05) is 0 Å². The third-order valence-corrected chi connectivity index (χ3v) is 3.97. The van der Waals surface area contributed by atoms with Gasteiger partial charge in [0.15, 0.2) is 0 Å². The van der Waals surface area contributed by atoms with Crippen molar-refractivity contribution in [3.8, 4) is 0 Å². The Morgan fingerprint density at radius 2 is 2.08 bits per heavy atom. The average Bonchev–Trinajstić information content (AvgIpc) is 2.25. The zero-order valence-corrected chi connectivity index (χ0v) is 8.60. The molecule has 0 spiro atoms. The second-order valence-corrected chi connectivity index (χ2v) is 5.60. The second kappa shape index (κ2) is 3.05. The lowest BCUT2D eigenvalue weighted by atomic mass is 9.71. The number of hydrogen-bond acceptors (Lipinski definition) is 0. The second-order valence-electron chi connectivity index (χ2n) is 5.60. The van der Waals surface area contributed by atoms with Crippen LogP contribution in [0.2, 0.25) is 0 Å². The van der Waals surface area contributed by atoms with E-state index in [0.717, 1.165) is 17.3 Å². The molecule has 0 saturated heterocycles. The predicted molar refractivity (Wildman–Crippen MR) is 53.1 cm³/mol. The average molecular weight is 166 g/mol. The van der Waals surface area contributed by atoms with E-state index < -0.39 is 0 Å². The van der Waals surface area contributed by atoms with Crippen LogP contribution in [0.3, 0.4) is 0 Å². The summed E-state index contributed by atoms with van der Waals surface area (Å²) in [6.45, 7) is 4.77. The standard InChI is InChI=1S/C12H22/c1-10(2)8-12-6-3-4-11(9-12)5-7-12/h10-11H,3-9H2,1-2H3. The fourth-order valence-electron chi connectivity index (χ4n) is 3.72. The van der Waals surface area contributed by atoms with Crippen molar-refractivity contribution in [2.75, 3.05) is 0 Å². The van der Waals surface area contributed by atoms with Gasteiger partial charge >= 0.3 is 0 Å². The van der Waals surface area contributed by atoms with Crippen molar-refractivity contribution in [3.05, 3.63) is 0 Å². The Balaban J connectivity index is 2.00. The molecule has 0 nitrogen and oxygen atoms in total. The van der Waals surface area contributed by atoms with Gasteiger partial charge < -0.3 is 0 Å². The van der Waals surface area contributed by atoms with Gasteiger partial charge in [-0.1, -0.05) is 26.7 Å². The van der Waals surface area contributed by atoms with E-state index in [0.29, 0.717) is 0 Å². The molecule has 2 aliphatic rings. The van der Waals surface area contributed by atoms with Crippen molar-refractivity contribution >= 4 is 0 Å². The summed E-state index contributed by atoms with van der Waals surface area (Å²) in [5.41, 5.74) is 0.817. The Morgan fingerprint density at radius 1 is 1.25 bits per heavy atom. The largest absolute Gasteiger partial charge is 0.0628 e. The number of rotatable bonds is 2. The topological polar surface area (TPSA) is 0 Å². The summed E-state index contributed by atoms with van der Waals surface area (Å²) in [5, 5.41) is 0. The molecule has 70 valence electrons. The van der Waals surface area contributed by atoms with Gasteiger partial charge in [0.25, 0.3) is 0 Å². The molecule has 2 atom stereocenters. The molecule has 2 bridgehead atoms. The lowest BCUT2D eigenvalue weighted by Gasteiger charge is -2.34. The summed E-state index contributed by atoms with van der Waals surface area (Å²) in [6, 6.07) is 0. The quantitative estimate of drug-likeness (QED) is 0.581. The first-order valence-electron chi connectivity index (χ1n) is 5.70. The Kier molecular flexibility index (Phi) is 2.18. The van der Waals surface area contributed by atoms with Crippen LogP contribution in [0.5, 0.6) is 0 Å². The summed E-state index contributed by atoms with van der Waals surface area (Å²) in [6.07, 6.45) is 10.8. The first-order chi connectivity index (χ1) is 5.70. The van der Waals surface area contributed by atoms with Crippen molar-refractivity contribution in [1.29, 1.82) is 0 Å². The van der Waals surface area contributed by atoms with Crippen molar-refractivity contribution < 1.29 is 0 Å². The van der Waals surface area contributed by atoms with Gasteiger partial charge in [-0.3, -0.25) is 0 Å². The van der Waals surface area contributed by atoms with E-state index in [-0.39, 0.29) is 0 Å². The molecule has 0 heterocycles. The van der Waals surface area contributed by atoms with Gasteiger partial charge in [-0.15, -0.1) is 0 Å². The van der Waals surface area contributed by atoms with E-state index in [2.05, 4.69) is 13.8 Å². The van der Waals surface area contributed by atoms with Crippen LogP contribution in [0.1, 0.15) is 58.8 Å². The summed E-state index contributed by atoms with van der Waals surface area (Å²) in [7, 11) is 0. The van der Waals surface area contributed by atoms with Crippen molar-refractivity contribution in [1.82, 2.24) is 0 Å². The monoisotopic (exact) mass is 166 g/mol. The molecule has 2 rings (SSSR count). The highest BCUT2D eigenvalue weighted by Crippen LogP contribution is 2.54. The van der Waals surface area contributed by atoms with E-state index in [9.17, 15) is 0 Å². The Bertz CT molecular complexity index is 155. The van der Waals surface area contributed by atoms with Gasteiger partial charge in [0.2, 0.25) is 0 Å². The van der Waals surface area contributed by atoms with Crippen LogP contribution in [0.4, 0.5) is 0 Å². The summed E-state index contributed by atoms with van der Waals surface area (Å²) >= 11 is 0. The first-order valence-corrected chi connectivity index (χ1v) is 5.70. The Morgan fingerprint density at radius 3 is 2.83 bits per heavy atom. The van der Waals surface area contributed by atoms with E-state index in [1.165, 1.54) is 12.8 Å². The third kappa shape index (κ3) is 1.53. The predicted octanol–water partition coefficient (Wildman–Crippen LogP) is 4.00. The lowest BCUT2D eigenvalue weighted by Crippen LogP contribution is -2.22. The Hall–Kier alpha value is 0. The summed E-state index contributed by atoms with van der Waals surface area (Å²) in [4.78, 5) is 0. The molecule has 2 saturated carbocycles. The van der Waals surface area contributed by atoms with Crippen LogP contribution in [-0.2, 0) is 0 Å². The van der Waals surface area contributed by atoms with Crippen LogP contribution in [-0.4, -0.2) is 0 Å². The van der Waals surface area contributed by atoms with Gasteiger partial charge in [-0.2, -0.15) is 0 Å². The fourth-order valence-corrected chi connectivity index (χ4v) is 3.72. The highest BCUT2D eigenvalue weighted by molar-refractivity contribution is 4.93. The summed E-state index contributed by atoms with van der Waals surface area (Å²) < 4.78 is 0. The van der Waals surface area contributed by atoms with E-state index in [4.69, 9.17) is 0 Å².